The van der Waals surface area contributed by atoms with Crippen LogP contribution < -0.4 is 5.32 Å². The topological polar surface area (TPSA) is 71.3 Å². The van der Waals surface area contributed by atoms with Gasteiger partial charge < -0.3 is 9.84 Å². The number of nitrogens with one attached hydrogen (secondary N) is 1. The lowest BCUT2D eigenvalue weighted by molar-refractivity contribution is -0.117. The van der Waals surface area contributed by atoms with Gasteiger partial charge in [-0.1, -0.05) is 53.2 Å². The molecular weight excluding hydrogens is 376 g/mol. The number of rotatable bonds is 5. The molecule has 1 fully saturated rings. The summed E-state index contributed by atoms with van der Waals surface area (Å²) in [6.45, 7) is 8.17. The molecule has 2 aromatic carbocycles. The van der Waals surface area contributed by atoms with Crippen LogP contribution in [0, 0.1) is 20.8 Å². The maximum absolute atomic E-state index is 12.5. The zero-order valence-corrected chi connectivity index (χ0v) is 17.8. The number of aromatic nitrogens is 2. The van der Waals surface area contributed by atoms with E-state index in [0.29, 0.717) is 18.3 Å². The molecule has 0 aliphatic carbocycles. The first-order valence-corrected chi connectivity index (χ1v) is 10.5. The maximum atomic E-state index is 12.5. The average Bonchev–Trinajstić information content (AvgIpc) is 3.22. The number of nitrogens with zero attached hydrogens (tertiary/aromatic N) is 3. The molecule has 0 radical (unpaired) electrons. The Hall–Kier alpha value is -2.99. The lowest BCUT2D eigenvalue weighted by Gasteiger charge is -2.29. The van der Waals surface area contributed by atoms with Crippen LogP contribution in [0.5, 0.6) is 0 Å². The molecule has 1 N–H and O–H groups in total. The fourth-order valence-electron chi connectivity index (χ4n) is 3.95. The minimum absolute atomic E-state index is 0.0327. The number of hydrogen-bond acceptors (Lipinski definition) is 5. The number of anilines is 1. The Balaban J connectivity index is 1.31. The van der Waals surface area contributed by atoms with Gasteiger partial charge >= 0.3 is 0 Å². The van der Waals surface area contributed by atoms with E-state index in [-0.39, 0.29) is 11.8 Å². The van der Waals surface area contributed by atoms with Gasteiger partial charge in [-0.05, 0) is 57.8 Å². The van der Waals surface area contributed by atoms with Crippen molar-refractivity contribution in [3.63, 3.8) is 0 Å². The lowest BCUT2D eigenvalue weighted by atomic mass is 9.97. The van der Waals surface area contributed by atoms with Crippen molar-refractivity contribution >= 4 is 11.6 Å². The number of hydrogen-bond donors (Lipinski definition) is 1. The Morgan fingerprint density at radius 2 is 1.73 bits per heavy atom. The smallest absolute Gasteiger partial charge is 0.238 e. The Kier molecular flexibility index (Phi) is 5.95. The van der Waals surface area contributed by atoms with Crippen LogP contribution in [0.1, 0.15) is 41.3 Å². The summed E-state index contributed by atoms with van der Waals surface area (Å²) < 4.78 is 5.55. The zero-order valence-electron chi connectivity index (χ0n) is 17.8. The molecule has 1 amide bonds. The number of likely N-dealkylation sites (tertiary alicyclic amines) is 1. The molecule has 2 heterocycles. The van der Waals surface area contributed by atoms with Gasteiger partial charge in [-0.2, -0.15) is 4.98 Å². The lowest BCUT2D eigenvalue weighted by Crippen LogP contribution is -2.39. The largest absolute Gasteiger partial charge is 0.339 e. The molecule has 1 aromatic heterocycles. The fourth-order valence-corrected chi connectivity index (χ4v) is 3.95. The van der Waals surface area contributed by atoms with Crippen LogP contribution in [0.25, 0.3) is 11.4 Å². The fraction of sp³-hybridized carbons (Fsp3) is 0.375. The van der Waals surface area contributed by atoms with Crippen molar-refractivity contribution in [1.29, 1.82) is 0 Å². The third-order valence-corrected chi connectivity index (χ3v) is 5.80. The van der Waals surface area contributed by atoms with Crippen LogP contribution in [0.15, 0.2) is 47.0 Å². The molecule has 4 rings (SSSR count). The molecule has 6 nitrogen and oxygen atoms in total. The highest BCUT2D eigenvalue weighted by Crippen LogP contribution is 2.28. The SMILES string of the molecule is Cc1ccc(-c2noc(C3CCN(CC(=O)Nc4c(C)cccc4C)CC3)n2)cc1. The molecule has 6 heteroatoms. The van der Waals surface area contributed by atoms with Gasteiger partial charge in [-0.15, -0.1) is 0 Å². The van der Waals surface area contributed by atoms with Gasteiger partial charge in [0.1, 0.15) is 0 Å². The van der Waals surface area contributed by atoms with Gasteiger partial charge in [0.25, 0.3) is 0 Å². The van der Waals surface area contributed by atoms with Gasteiger partial charge in [0, 0.05) is 17.2 Å². The number of carbonyl (C=O) groups excluding carboxylic acids is 1. The minimum atomic E-state index is 0.0327. The molecule has 0 atom stereocenters. The van der Waals surface area contributed by atoms with Crippen molar-refractivity contribution in [1.82, 2.24) is 15.0 Å². The minimum Gasteiger partial charge on any atom is -0.339 e. The number of aryl methyl sites for hydroxylation is 3. The van der Waals surface area contributed by atoms with Crippen molar-refractivity contribution in [2.45, 2.75) is 39.5 Å². The summed E-state index contributed by atoms with van der Waals surface area (Å²) in [5.74, 6) is 1.62. The second kappa shape index (κ2) is 8.79. The first-order valence-electron chi connectivity index (χ1n) is 10.5. The summed E-state index contributed by atoms with van der Waals surface area (Å²) in [5.41, 5.74) is 5.27. The molecule has 156 valence electrons. The first-order chi connectivity index (χ1) is 14.5. The van der Waals surface area contributed by atoms with E-state index in [4.69, 9.17) is 4.52 Å². The zero-order chi connectivity index (χ0) is 21.1. The van der Waals surface area contributed by atoms with Crippen molar-refractivity contribution in [2.75, 3.05) is 25.0 Å². The van der Waals surface area contributed by atoms with Gasteiger partial charge in [-0.25, -0.2) is 0 Å². The molecule has 1 saturated heterocycles. The van der Waals surface area contributed by atoms with Crippen molar-refractivity contribution in [2.24, 2.45) is 0 Å². The predicted octanol–water partition coefficient (Wildman–Crippen LogP) is 4.48. The van der Waals surface area contributed by atoms with Crippen LogP contribution in [0.4, 0.5) is 5.69 Å². The summed E-state index contributed by atoms with van der Waals surface area (Å²) in [6, 6.07) is 14.2. The average molecular weight is 405 g/mol. The quantitative estimate of drug-likeness (QED) is 0.679. The number of para-hydroxylation sites is 1. The summed E-state index contributed by atoms with van der Waals surface area (Å²) >= 11 is 0. The van der Waals surface area contributed by atoms with E-state index in [9.17, 15) is 4.79 Å². The molecule has 1 aliphatic heterocycles. The van der Waals surface area contributed by atoms with Gasteiger partial charge in [0.2, 0.25) is 17.6 Å². The second-order valence-corrected chi connectivity index (χ2v) is 8.19. The van der Waals surface area contributed by atoms with Crippen molar-refractivity contribution < 1.29 is 9.32 Å². The molecular formula is C24H28N4O2. The predicted molar refractivity (Wildman–Crippen MR) is 117 cm³/mol. The highest BCUT2D eigenvalue weighted by atomic mass is 16.5. The normalized spacial score (nSPS) is 15.3. The van der Waals surface area contributed by atoms with E-state index in [1.807, 2.05) is 56.3 Å². The van der Waals surface area contributed by atoms with Crippen LogP contribution in [-0.2, 0) is 4.79 Å². The third kappa shape index (κ3) is 4.60. The molecule has 1 aliphatic rings. The molecule has 30 heavy (non-hydrogen) atoms. The van der Waals surface area contributed by atoms with Crippen LogP contribution in [0.2, 0.25) is 0 Å². The highest BCUT2D eigenvalue weighted by Gasteiger charge is 2.26. The Morgan fingerprint density at radius 3 is 2.40 bits per heavy atom. The first kappa shape index (κ1) is 20.3. The standard InChI is InChI=1S/C24H28N4O2/c1-16-7-9-19(10-8-16)23-26-24(30-27-23)20-11-13-28(14-12-20)15-21(29)25-22-17(2)5-4-6-18(22)3/h4-10,20H,11-15H2,1-3H3,(H,25,29). The van der Waals surface area contributed by atoms with Crippen molar-refractivity contribution in [3.8, 4) is 11.4 Å². The summed E-state index contributed by atoms with van der Waals surface area (Å²) in [4.78, 5) is 19.3. The van der Waals surface area contributed by atoms with Gasteiger partial charge in [0.05, 0.1) is 6.54 Å². The summed E-state index contributed by atoms with van der Waals surface area (Å²) in [7, 11) is 0. The Labute approximate surface area is 177 Å². The maximum Gasteiger partial charge on any atom is 0.238 e. The molecule has 0 unspecified atom stereocenters. The van der Waals surface area contributed by atoms with Crippen LogP contribution in [0.3, 0.4) is 0 Å². The Bertz CT molecular complexity index is 998. The van der Waals surface area contributed by atoms with E-state index in [0.717, 1.165) is 48.3 Å². The van der Waals surface area contributed by atoms with E-state index in [2.05, 4.69) is 27.3 Å². The van der Waals surface area contributed by atoms with Crippen LogP contribution >= 0.6 is 0 Å². The Morgan fingerprint density at radius 1 is 1.07 bits per heavy atom. The number of piperidine rings is 1. The monoisotopic (exact) mass is 404 g/mol. The molecule has 3 aromatic rings. The summed E-state index contributed by atoms with van der Waals surface area (Å²) in [5, 5.41) is 7.23. The molecule has 0 saturated carbocycles. The number of amides is 1. The van der Waals surface area contributed by atoms with Crippen molar-refractivity contribution in [3.05, 3.63) is 65.0 Å². The van der Waals surface area contributed by atoms with E-state index >= 15 is 0 Å². The highest BCUT2D eigenvalue weighted by molar-refractivity contribution is 5.93. The molecule has 0 spiro atoms. The van der Waals surface area contributed by atoms with Gasteiger partial charge in [0.15, 0.2) is 0 Å². The van der Waals surface area contributed by atoms with E-state index < -0.39 is 0 Å². The van der Waals surface area contributed by atoms with E-state index in [1.165, 1.54) is 5.56 Å². The number of carbonyl (C=O) groups is 1. The second-order valence-electron chi connectivity index (χ2n) is 8.19. The molecule has 0 bridgehead atoms. The summed E-state index contributed by atoms with van der Waals surface area (Å²) in [6.07, 6.45) is 1.82. The third-order valence-electron chi connectivity index (χ3n) is 5.80. The van der Waals surface area contributed by atoms with E-state index in [1.54, 1.807) is 0 Å². The number of benzene rings is 2. The van der Waals surface area contributed by atoms with Gasteiger partial charge in [-0.3, -0.25) is 9.69 Å². The van der Waals surface area contributed by atoms with Crippen LogP contribution in [-0.4, -0.2) is 40.6 Å².